The van der Waals surface area contributed by atoms with Crippen LogP contribution in [0.3, 0.4) is 0 Å². The number of carbonyl (C=O) groups excluding carboxylic acids is 2. The van der Waals surface area contributed by atoms with E-state index in [-0.39, 0.29) is 30.8 Å². The van der Waals surface area contributed by atoms with Crippen molar-refractivity contribution in [3.05, 3.63) is 82.4 Å². The van der Waals surface area contributed by atoms with Gasteiger partial charge in [0.2, 0.25) is 5.91 Å². The Morgan fingerprint density at radius 2 is 1.92 bits per heavy atom. The van der Waals surface area contributed by atoms with E-state index in [9.17, 15) is 9.59 Å². The molecule has 0 aliphatic carbocycles. The third-order valence-electron chi connectivity index (χ3n) is 3.69. The summed E-state index contributed by atoms with van der Waals surface area (Å²) in [6, 6.07) is 15.2. The van der Waals surface area contributed by atoms with Gasteiger partial charge in [0.25, 0.3) is 5.91 Å². The van der Waals surface area contributed by atoms with E-state index >= 15 is 0 Å². The maximum absolute atomic E-state index is 12.3. The van der Waals surface area contributed by atoms with Gasteiger partial charge < -0.3 is 15.1 Å². The summed E-state index contributed by atoms with van der Waals surface area (Å²) in [7, 11) is 0. The Bertz CT molecular complexity index is 799. The molecule has 2 heterocycles. The van der Waals surface area contributed by atoms with E-state index in [4.69, 9.17) is 4.42 Å². The number of rotatable bonds is 7. The summed E-state index contributed by atoms with van der Waals surface area (Å²) < 4.78 is 4.87. The van der Waals surface area contributed by atoms with Crippen LogP contribution in [0.4, 0.5) is 0 Å². The maximum atomic E-state index is 12.3. The van der Waals surface area contributed by atoms with Gasteiger partial charge in [0.15, 0.2) is 0 Å². The quantitative estimate of drug-likeness (QED) is 0.683. The number of hydrogen-bond donors (Lipinski definition) is 2. The number of hydrogen-bond acceptors (Lipinski definition) is 4. The minimum absolute atomic E-state index is 0.116. The Morgan fingerprint density at radius 1 is 1.08 bits per heavy atom. The van der Waals surface area contributed by atoms with Crippen LogP contribution in [0.15, 0.2) is 70.9 Å². The molecule has 2 amide bonds. The van der Waals surface area contributed by atoms with Gasteiger partial charge in [0, 0.05) is 17.8 Å². The Morgan fingerprint density at radius 3 is 2.60 bits per heavy atom. The molecule has 6 heteroatoms. The fraction of sp³-hybridized carbons (Fsp3) is 0.158. The summed E-state index contributed by atoms with van der Waals surface area (Å²) in [5.41, 5.74) is 1.47. The highest BCUT2D eigenvalue weighted by molar-refractivity contribution is 7.10. The molecule has 2 N–H and O–H groups in total. The van der Waals surface area contributed by atoms with Crippen LogP contribution in [0.1, 0.15) is 33.3 Å². The van der Waals surface area contributed by atoms with Crippen molar-refractivity contribution < 1.29 is 14.0 Å². The number of thiophene rings is 1. The largest absolute Gasteiger partial charge is 0.472 e. The lowest BCUT2D eigenvalue weighted by Crippen LogP contribution is -2.33. The van der Waals surface area contributed by atoms with Gasteiger partial charge in [-0.05, 0) is 23.1 Å². The Labute approximate surface area is 149 Å². The first kappa shape index (κ1) is 17.0. The second-order valence-electron chi connectivity index (χ2n) is 5.44. The molecule has 25 heavy (non-hydrogen) atoms. The summed E-state index contributed by atoms with van der Waals surface area (Å²) in [5.74, 6) is -0.367. The molecule has 1 unspecified atom stereocenters. The standard InChI is InChI=1S/C19H18N2O3S/c22-17(8-10-20-19(23)15-9-11-24-13-15)21-18(16-7-4-12-25-16)14-5-2-1-3-6-14/h1-7,9,11-13,18H,8,10H2,(H,20,23)(H,21,22). The van der Waals surface area contributed by atoms with E-state index in [1.807, 2.05) is 47.8 Å². The molecule has 5 nitrogen and oxygen atoms in total. The lowest BCUT2D eigenvalue weighted by atomic mass is 10.1. The zero-order valence-electron chi connectivity index (χ0n) is 13.5. The first-order valence-corrected chi connectivity index (χ1v) is 8.80. The van der Waals surface area contributed by atoms with E-state index in [1.54, 1.807) is 17.4 Å². The topological polar surface area (TPSA) is 71.3 Å². The third kappa shape index (κ3) is 4.58. The second-order valence-corrected chi connectivity index (χ2v) is 6.42. The fourth-order valence-corrected chi connectivity index (χ4v) is 3.24. The van der Waals surface area contributed by atoms with E-state index in [0.29, 0.717) is 5.56 Å². The van der Waals surface area contributed by atoms with Crippen LogP contribution >= 0.6 is 11.3 Å². The lowest BCUT2D eigenvalue weighted by molar-refractivity contribution is -0.121. The normalized spacial score (nSPS) is 11.7. The molecule has 0 fully saturated rings. The minimum Gasteiger partial charge on any atom is -0.472 e. The van der Waals surface area contributed by atoms with Gasteiger partial charge in [-0.25, -0.2) is 0 Å². The van der Waals surface area contributed by atoms with Crippen molar-refractivity contribution in [1.29, 1.82) is 0 Å². The molecule has 0 saturated heterocycles. The highest BCUT2D eigenvalue weighted by Crippen LogP contribution is 2.25. The van der Waals surface area contributed by atoms with Crippen molar-refractivity contribution in [3.63, 3.8) is 0 Å². The first-order valence-electron chi connectivity index (χ1n) is 7.92. The smallest absolute Gasteiger partial charge is 0.254 e. The van der Waals surface area contributed by atoms with Crippen molar-refractivity contribution in [3.8, 4) is 0 Å². The van der Waals surface area contributed by atoms with Crippen LogP contribution < -0.4 is 10.6 Å². The molecular formula is C19H18N2O3S. The molecule has 0 aliphatic heterocycles. The average Bonchev–Trinajstić information content (AvgIpc) is 3.34. The molecule has 0 aliphatic rings. The summed E-state index contributed by atoms with van der Waals surface area (Å²) >= 11 is 1.60. The van der Waals surface area contributed by atoms with Gasteiger partial charge in [-0.3, -0.25) is 9.59 Å². The van der Waals surface area contributed by atoms with Crippen LogP contribution in [0.2, 0.25) is 0 Å². The van der Waals surface area contributed by atoms with Crippen LogP contribution in [0.25, 0.3) is 0 Å². The number of furan rings is 1. The van der Waals surface area contributed by atoms with Gasteiger partial charge >= 0.3 is 0 Å². The van der Waals surface area contributed by atoms with Crippen molar-refractivity contribution in [2.75, 3.05) is 6.54 Å². The third-order valence-corrected chi connectivity index (χ3v) is 4.62. The molecule has 3 aromatic rings. The number of carbonyl (C=O) groups is 2. The summed E-state index contributed by atoms with van der Waals surface area (Å²) in [6.07, 6.45) is 3.02. The van der Waals surface area contributed by atoms with Crippen molar-refractivity contribution >= 4 is 23.2 Å². The van der Waals surface area contributed by atoms with E-state index in [2.05, 4.69) is 10.6 Å². The van der Waals surface area contributed by atoms with Crippen LogP contribution in [-0.4, -0.2) is 18.4 Å². The van der Waals surface area contributed by atoms with Gasteiger partial charge in [-0.1, -0.05) is 36.4 Å². The van der Waals surface area contributed by atoms with Crippen molar-refractivity contribution in [2.24, 2.45) is 0 Å². The Hall–Kier alpha value is -2.86. The van der Waals surface area contributed by atoms with Crippen molar-refractivity contribution in [2.45, 2.75) is 12.5 Å². The molecule has 1 atom stereocenters. The maximum Gasteiger partial charge on any atom is 0.254 e. The molecule has 3 rings (SSSR count). The van der Waals surface area contributed by atoms with E-state index in [1.165, 1.54) is 12.5 Å². The number of amides is 2. The first-order chi connectivity index (χ1) is 12.2. The average molecular weight is 354 g/mol. The molecule has 2 aromatic heterocycles. The molecule has 0 saturated carbocycles. The van der Waals surface area contributed by atoms with Crippen molar-refractivity contribution in [1.82, 2.24) is 10.6 Å². The predicted octanol–water partition coefficient (Wildman–Crippen LogP) is 3.37. The molecule has 0 spiro atoms. The van der Waals surface area contributed by atoms with Crippen LogP contribution in [-0.2, 0) is 4.79 Å². The Balaban J connectivity index is 1.57. The lowest BCUT2D eigenvalue weighted by Gasteiger charge is -2.18. The Kier molecular flexibility index (Phi) is 5.64. The summed E-state index contributed by atoms with van der Waals surface area (Å²) in [4.78, 5) is 25.2. The number of nitrogens with one attached hydrogen (secondary N) is 2. The SMILES string of the molecule is O=C(CCNC(=O)c1ccoc1)NC(c1ccccc1)c1cccs1. The van der Waals surface area contributed by atoms with Gasteiger partial charge in [-0.15, -0.1) is 11.3 Å². The zero-order chi connectivity index (χ0) is 17.5. The minimum atomic E-state index is -0.251. The summed E-state index contributed by atoms with van der Waals surface area (Å²) in [5, 5.41) is 7.74. The molecule has 0 radical (unpaired) electrons. The summed E-state index contributed by atoms with van der Waals surface area (Å²) in [6.45, 7) is 0.266. The van der Waals surface area contributed by atoms with Gasteiger partial charge in [0.05, 0.1) is 17.9 Å². The fourth-order valence-electron chi connectivity index (χ4n) is 2.44. The van der Waals surface area contributed by atoms with Crippen LogP contribution in [0.5, 0.6) is 0 Å². The highest BCUT2D eigenvalue weighted by atomic mass is 32.1. The predicted molar refractivity (Wildman–Crippen MR) is 96.4 cm³/mol. The molecule has 0 bridgehead atoms. The van der Waals surface area contributed by atoms with Gasteiger partial charge in [0.1, 0.15) is 6.26 Å². The second kappa shape index (κ2) is 8.30. The van der Waals surface area contributed by atoms with E-state index < -0.39 is 0 Å². The molecule has 128 valence electrons. The van der Waals surface area contributed by atoms with E-state index in [0.717, 1.165) is 10.4 Å². The molecular weight excluding hydrogens is 336 g/mol. The highest BCUT2D eigenvalue weighted by Gasteiger charge is 2.17. The van der Waals surface area contributed by atoms with Crippen LogP contribution in [0, 0.1) is 0 Å². The van der Waals surface area contributed by atoms with Gasteiger partial charge in [-0.2, -0.15) is 0 Å². The molecule has 1 aromatic carbocycles. The zero-order valence-corrected chi connectivity index (χ0v) is 14.3. The monoisotopic (exact) mass is 354 g/mol. The number of benzene rings is 1.